The molecule has 2 aromatic heterocycles. The normalized spacial score (nSPS) is 11.5. The zero-order chi connectivity index (χ0) is 26.5. The molecule has 8 rings (SSSR count). The molecule has 0 unspecified atom stereocenters. The van der Waals surface area contributed by atoms with Crippen LogP contribution in [0.1, 0.15) is 0 Å². The number of para-hydroxylation sites is 2. The van der Waals surface area contributed by atoms with Gasteiger partial charge in [0.25, 0.3) is 0 Å². The quantitative estimate of drug-likeness (QED) is 0.223. The summed E-state index contributed by atoms with van der Waals surface area (Å²) in [6.45, 7) is 0. The molecule has 0 aliphatic heterocycles. The molecule has 0 N–H and O–H groups in total. The molecule has 0 atom stereocenters. The summed E-state index contributed by atoms with van der Waals surface area (Å²) in [5, 5.41) is 3.74. The summed E-state index contributed by atoms with van der Waals surface area (Å²) < 4.78 is 4.79. The first-order chi connectivity index (χ1) is 19.8. The van der Waals surface area contributed by atoms with Gasteiger partial charge in [0.15, 0.2) is 0 Å². The highest BCUT2D eigenvalue weighted by Gasteiger charge is 2.19. The predicted octanol–water partition coefficient (Wildman–Crippen LogP) is 10.1. The molecule has 2 heteroatoms. The van der Waals surface area contributed by atoms with Crippen molar-refractivity contribution in [3.8, 4) is 33.6 Å². The maximum Gasteiger partial charge on any atom is 0.0788 e. The zero-order valence-corrected chi connectivity index (χ0v) is 21.9. The van der Waals surface area contributed by atoms with Gasteiger partial charge >= 0.3 is 0 Å². The highest BCUT2D eigenvalue weighted by molar-refractivity contribution is 6.18. The van der Waals surface area contributed by atoms with E-state index in [1.54, 1.807) is 0 Å². The monoisotopic (exact) mass is 510 g/mol. The van der Waals surface area contributed by atoms with Crippen molar-refractivity contribution >= 4 is 32.7 Å². The SMILES string of the molecule is c1ccc(-c2cc(-c3ccccc3)cc(-n3c4ccccc4c4ccc5ccn(-c6ccccc6)c5c43)c2)cc1. The zero-order valence-electron chi connectivity index (χ0n) is 21.9. The Labute approximate surface area is 233 Å². The van der Waals surface area contributed by atoms with Crippen LogP contribution in [0, 0.1) is 0 Å². The molecular weight excluding hydrogens is 484 g/mol. The lowest BCUT2D eigenvalue weighted by Gasteiger charge is -2.15. The predicted molar refractivity (Wildman–Crippen MR) is 168 cm³/mol. The molecule has 40 heavy (non-hydrogen) atoms. The van der Waals surface area contributed by atoms with Gasteiger partial charge in [-0.15, -0.1) is 0 Å². The molecule has 188 valence electrons. The highest BCUT2D eigenvalue weighted by atomic mass is 15.0. The standard InChI is InChI=1S/C38H26N2/c1-4-12-27(13-5-1)30-24-31(28-14-6-2-7-15-28)26-33(25-30)40-36-19-11-10-18-34(36)35-21-20-29-22-23-39(37(29)38(35)40)32-16-8-3-9-17-32/h1-26H. The van der Waals surface area contributed by atoms with Crippen LogP contribution in [0.5, 0.6) is 0 Å². The van der Waals surface area contributed by atoms with E-state index >= 15 is 0 Å². The lowest BCUT2D eigenvalue weighted by atomic mass is 9.98. The third-order valence-corrected chi connectivity index (χ3v) is 7.91. The molecule has 0 amide bonds. The van der Waals surface area contributed by atoms with Crippen LogP contribution in [-0.2, 0) is 0 Å². The molecule has 0 aliphatic carbocycles. The largest absolute Gasteiger partial charge is 0.315 e. The number of aromatic nitrogens is 2. The van der Waals surface area contributed by atoms with Crippen molar-refractivity contribution in [1.29, 1.82) is 0 Å². The average molecular weight is 511 g/mol. The molecule has 8 aromatic rings. The molecule has 0 saturated heterocycles. The first kappa shape index (κ1) is 22.6. The topological polar surface area (TPSA) is 9.86 Å². The fourth-order valence-corrected chi connectivity index (χ4v) is 6.08. The molecule has 6 aromatic carbocycles. The van der Waals surface area contributed by atoms with Crippen molar-refractivity contribution < 1.29 is 0 Å². The van der Waals surface area contributed by atoms with Gasteiger partial charge < -0.3 is 9.13 Å². The van der Waals surface area contributed by atoms with Crippen molar-refractivity contribution in [3.05, 3.63) is 158 Å². The maximum atomic E-state index is 2.46. The Bertz CT molecular complexity index is 2080. The van der Waals surface area contributed by atoms with Gasteiger partial charge in [-0.3, -0.25) is 0 Å². The Hall–Kier alpha value is -5.34. The maximum absolute atomic E-state index is 2.46. The molecule has 0 radical (unpaired) electrons. The molecule has 2 heterocycles. The number of fused-ring (bicyclic) bond motifs is 5. The van der Waals surface area contributed by atoms with E-state index < -0.39 is 0 Å². The Kier molecular flexibility index (Phi) is 5.17. The Balaban J connectivity index is 1.52. The summed E-state index contributed by atoms with van der Waals surface area (Å²) in [5.41, 5.74) is 10.8. The van der Waals surface area contributed by atoms with Gasteiger partial charge in [-0.05, 0) is 64.7 Å². The van der Waals surface area contributed by atoms with E-state index in [1.807, 2.05) is 0 Å². The number of benzene rings is 6. The second-order valence-electron chi connectivity index (χ2n) is 10.3. The van der Waals surface area contributed by atoms with E-state index in [-0.39, 0.29) is 0 Å². The van der Waals surface area contributed by atoms with Gasteiger partial charge in [0.1, 0.15) is 0 Å². The molecule has 2 nitrogen and oxygen atoms in total. The van der Waals surface area contributed by atoms with Gasteiger partial charge in [-0.25, -0.2) is 0 Å². The number of hydrogen-bond donors (Lipinski definition) is 0. The van der Waals surface area contributed by atoms with Crippen molar-refractivity contribution in [2.45, 2.75) is 0 Å². The van der Waals surface area contributed by atoms with E-state index in [2.05, 4.69) is 167 Å². The van der Waals surface area contributed by atoms with E-state index in [0.717, 1.165) is 11.4 Å². The first-order valence-corrected chi connectivity index (χ1v) is 13.7. The van der Waals surface area contributed by atoms with Crippen molar-refractivity contribution in [2.24, 2.45) is 0 Å². The van der Waals surface area contributed by atoms with E-state index in [9.17, 15) is 0 Å². The van der Waals surface area contributed by atoms with Gasteiger partial charge in [-0.2, -0.15) is 0 Å². The fraction of sp³-hybridized carbons (Fsp3) is 0. The summed E-state index contributed by atoms with van der Waals surface area (Å²) >= 11 is 0. The second-order valence-corrected chi connectivity index (χ2v) is 10.3. The van der Waals surface area contributed by atoms with Gasteiger partial charge in [0, 0.05) is 33.7 Å². The Morgan fingerprint density at radius 3 is 1.65 bits per heavy atom. The van der Waals surface area contributed by atoms with Crippen LogP contribution in [0.3, 0.4) is 0 Å². The van der Waals surface area contributed by atoms with E-state index in [0.29, 0.717) is 0 Å². The fourth-order valence-electron chi connectivity index (χ4n) is 6.08. The Morgan fingerprint density at radius 2 is 0.975 bits per heavy atom. The minimum atomic E-state index is 1.15. The van der Waals surface area contributed by atoms with Gasteiger partial charge in [0.2, 0.25) is 0 Å². The van der Waals surface area contributed by atoms with Crippen LogP contribution in [0.25, 0.3) is 66.3 Å². The van der Waals surface area contributed by atoms with Crippen LogP contribution < -0.4 is 0 Å². The van der Waals surface area contributed by atoms with Crippen LogP contribution in [-0.4, -0.2) is 9.13 Å². The smallest absolute Gasteiger partial charge is 0.0788 e. The number of rotatable bonds is 4. The summed E-state index contributed by atoms with van der Waals surface area (Å²) in [7, 11) is 0. The molecule has 0 spiro atoms. The molecular formula is C38H26N2. The summed E-state index contributed by atoms with van der Waals surface area (Å²) in [6, 6.07) is 54.5. The summed E-state index contributed by atoms with van der Waals surface area (Å²) in [5.74, 6) is 0. The van der Waals surface area contributed by atoms with Crippen molar-refractivity contribution in [3.63, 3.8) is 0 Å². The van der Waals surface area contributed by atoms with E-state index in [1.165, 1.54) is 55.0 Å². The third-order valence-electron chi connectivity index (χ3n) is 7.91. The molecule has 0 fully saturated rings. The molecule has 0 aliphatic rings. The average Bonchev–Trinajstić information content (AvgIpc) is 3.62. The number of nitrogens with zero attached hydrogens (tertiary/aromatic N) is 2. The second kappa shape index (κ2) is 9.14. The molecule has 0 bridgehead atoms. The highest BCUT2D eigenvalue weighted by Crippen LogP contribution is 2.39. The minimum absolute atomic E-state index is 1.15. The molecule has 0 saturated carbocycles. The van der Waals surface area contributed by atoms with Gasteiger partial charge in [-0.1, -0.05) is 109 Å². The van der Waals surface area contributed by atoms with Crippen LogP contribution >= 0.6 is 0 Å². The Morgan fingerprint density at radius 1 is 0.375 bits per heavy atom. The number of hydrogen-bond acceptors (Lipinski definition) is 0. The minimum Gasteiger partial charge on any atom is -0.315 e. The lowest BCUT2D eigenvalue weighted by Crippen LogP contribution is -1.99. The summed E-state index contributed by atoms with van der Waals surface area (Å²) in [4.78, 5) is 0. The lowest BCUT2D eigenvalue weighted by molar-refractivity contribution is 1.12. The first-order valence-electron chi connectivity index (χ1n) is 13.7. The van der Waals surface area contributed by atoms with Crippen LogP contribution in [0.4, 0.5) is 0 Å². The van der Waals surface area contributed by atoms with Crippen molar-refractivity contribution in [2.75, 3.05) is 0 Å². The summed E-state index contributed by atoms with van der Waals surface area (Å²) in [6.07, 6.45) is 2.19. The van der Waals surface area contributed by atoms with Crippen LogP contribution in [0.2, 0.25) is 0 Å². The third kappa shape index (κ3) is 3.58. The van der Waals surface area contributed by atoms with Crippen LogP contribution in [0.15, 0.2) is 158 Å². The van der Waals surface area contributed by atoms with E-state index in [4.69, 9.17) is 0 Å². The van der Waals surface area contributed by atoms with Crippen molar-refractivity contribution in [1.82, 2.24) is 9.13 Å². The van der Waals surface area contributed by atoms with Gasteiger partial charge in [0.05, 0.1) is 16.6 Å².